The monoisotopic (exact) mass is 704 g/mol. The highest BCUT2D eigenvalue weighted by Gasteiger charge is 2.67. The average molecular weight is 705 g/mol. The van der Waals surface area contributed by atoms with E-state index in [2.05, 4.69) is 15.6 Å². The van der Waals surface area contributed by atoms with Gasteiger partial charge >= 0.3 is 0 Å². The van der Waals surface area contributed by atoms with Crippen LogP contribution in [-0.4, -0.2) is 53.0 Å². The predicted octanol–water partition coefficient (Wildman–Crippen LogP) is 6.78. The van der Waals surface area contributed by atoms with Crippen molar-refractivity contribution in [2.45, 2.75) is 56.1 Å². The Morgan fingerprint density at radius 1 is 1.04 bits per heavy atom. The van der Waals surface area contributed by atoms with Gasteiger partial charge in [0.25, 0.3) is 11.8 Å². The zero-order valence-electron chi connectivity index (χ0n) is 28.7. The lowest BCUT2D eigenvalue weighted by Gasteiger charge is -2.31. The number of rotatable bonds is 10. The number of nitrogens with two attached hydrogens (primary N) is 1. The summed E-state index contributed by atoms with van der Waals surface area (Å²) >= 11 is 0. The second kappa shape index (κ2) is 13.5. The first-order chi connectivity index (χ1) is 24.5. The molecule has 51 heavy (non-hydrogen) atoms. The van der Waals surface area contributed by atoms with Gasteiger partial charge in [-0.15, -0.1) is 5.10 Å². The molecule has 5 atom stereocenters. The van der Waals surface area contributed by atoms with E-state index >= 15 is 4.11 Å². The molecule has 1 saturated heterocycles. The zero-order valence-corrected chi connectivity index (χ0v) is 29.7. The topological polar surface area (TPSA) is 136 Å². The second-order valence-electron chi connectivity index (χ2n) is 13.9. The molecule has 10 nitrogen and oxygen atoms in total. The molecule has 1 unspecified atom stereocenters. The zero-order chi connectivity index (χ0) is 35.9. The SMILES string of the molecule is C[C@H]1[C@H]([Si](C)(C)F)[C@@H](CCn2cc(C(CO)c3ccccc3)nn2)O[C@]12C(=O)N(c1ccccc1)c1ccc(NC(=O)c3ccc(N)cc3)cc12. The van der Waals surface area contributed by atoms with Crippen LogP contribution in [0.25, 0.3) is 0 Å². The summed E-state index contributed by atoms with van der Waals surface area (Å²) < 4.78 is 25.1. The summed E-state index contributed by atoms with van der Waals surface area (Å²) in [4.78, 5) is 29.7. The highest BCUT2D eigenvalue weighted by atomic mass is 28.4. The first-order valence-electron chi connectivity index (χ1n) is 17.1. The summed E-state index contributed by atoms with van der Waals surface area (Å²) in [6.07, 6.45) is 1.58. The van der Waals surface area contributed by atoms with Crippen molar-refractivity contribution < 1.29 is 23.5 Å². The Labute approximate surface area is 297 Å². The molecular weight excluding hydrogens is 664 g/mol. The number of nitrogens with one attached hydrogen (secondary N) is 1. The lowest BCUT2D eigenvalue weighted by atomic mass is 9.82. The van der Waals surface area contributed by atoms with Crippen molar-refractivity contribution in [3.05, 3.63) is 132 Å². The third kappa shape index (κ3) is 6.24. The molecule has 2 aliphatic rings. The van der Waals surface area contributed by atoms with Gasteiger partial charge in [-0.05, 0) is 79.7 Å². The normalized spacial score (nSPS) is 21.9. The minimum atomic E-state index is -3.44. The number of aromatic nitrogens is 3. The quantitative estimate of drug-likeness (QED) is 0.0829. The van der Waals surface area contributed by atoms with E-state index in [9.17, 15) is 14.7 Å². The number of aryl methyl sites for hydroxylation is 1. The Morgan fingerprint density at radius 3 is 2.39 bits per heavy atom. The van der Waals surface area contributed by atoms with Crippen LogP contribution in [0.15, 0.2) is 109 Å². The lowest BCUT2D eigenvalue weighted by molar-refractivity contribution is -0.145. The van der Waals surface area contributed by atoms with Crippen LogP contribution < -0.4 is 16.0 Å². The number of hydrogen-bond acceptors (Lipinski definition) is 7. The average Bonchev–Trinajstić information content (AvgIpc) is 3.78. The van der Waals surface area contributed by atoms with Crippen LogP contribution >= 0.6 is 0 Å². The van der Waals surface area contributed by atoms with E-state index in [1.54, 1.807) is 65.3 Å². The highest BCUT2D eigenvalue weighted by molar-refractivity contribution is 6.72. The number of aliphatic hydroxyl groups is 1. The number of nitrogens with zero attached hydrogens (tertiary/aromatic N) is 4. The Balaban J connectivity index is 1.23. The second-order valence-corrected chi connectivity index (χ2v) is 17.7. The van der Waals surface area contributed by atoms with Crippen molar-refractivity contribution in [2.24, 2.45) is 5.92 Å². The number of halogens is 1. The minimum Gasteiger partial charge on any atom is -0.399 e. The van der Waals surface area contributed by atoms with Gasteiger partial charge in [-0.3, -0.25) is 19.2 Å². The molecule has 1 aromatic heterocycles. The number of amides is 2. The van der Waals surface area contributed by atoms with Crippen LogP contribution in [0, 0.1) is 5.92 Å². The van der Waals surface area contributed by atoms with E-state index in [1.807, 2.05) is 73.7 Å². The van der Waals surface area contributed by atoms with E-state index in [0.717, 1.165) is 5.56 Å². The summed E-state index contributed by atoms with van der Waals surface area (Å²) in [5, 5.41) is 21.8. The minimum absolute atomic E-state index is 0.125. The fraction of sp³-hybridized carbons (Fsp3) is 0.282. The molecule has 262 valence electrons. The highest BCUT2D eigenvalue weighted by Crippen LogP contribution is 2.61. The van der Waals surface area contributed by atoms with Crippen LogP contribution in [-0.2, 0) is 21.7 Å². The molecule has 0 aliphatic carbocycles. The number of carbonyl (C=O) groups excluding carboxylic acids is 2. The Morgan fingerprint density at radius 2 is 1.73 bits per heavy atom. The molecule has 4 aromatic carbocycles. The van der Waals surface area contributed by atoms with E-state index in [4.69, 9.17) is 10.5 Å². The van der Waals surface area contributed by atoms with E-state index in [0.29, 0.717) is 52.5 Å². The van der Waals surface area contributed by atoms with Crippen molar-refractivity contribution in [3.63, 3.8) is 0 Å². The Kier molecular flexibility index (Phi) is 9.08. The summed E-state index contributed by atoms with van der Waals surface area (Å²) in [5.41, 5.74) is 8.68. The largest absolute Gasteiger partial charge is 0.399 e. The van der Waals surface area contributed by atoms with Crippen LogP contribution in [0.5, 0.6) is 0 Å². The maximum absolute atomic E-state index is 16.5. The van der Waals surface area contributed by atoms with Gasteiger partial charge in [0.1, 0.15) is 0 Å². The molecule has 4 N–H and O–H groups in total. The van der Waals surface area contributed by atoms with Crippen molar-refractivity contribution in [2.75, 3.05) is 22.6 Å². The van der Waals surface area contributed by atoms with Gasteiger partial charge in [0, 0.05) is 52.4 Å². The first kappa shape index (κ1) is 34.3. The van der Waals surface area contributed by atoms with Gasteiger partial charge in [0.15, 0.2) is 5.60 Å². The lowest BCUT2D eigenvalue weighted by Crippen LogP contribution is -2.44. The Hall–Kier alpha value is -5.17. The molecule has 1 fully saturated rings. The molecule has 0 saturated carbocycles. The molecule has 0 radical (unpaired) electrons. The van der Waals surface area contributed by atoms with Gasteiger partial charge in [0.2, 0.25) is 8.41 Å². The fourth-order valence-corrected chi connectivity index (χ4v) is 10.4. The molecule has 0 bridgehead atoms. The molecule has 2 amide bonds. The summed E-state index contributed by atoms with van der Waals surface area (Å²) in [5.74, 6) is -1.48. The standard InChI is InChI=1S/C39H41FN6O4Si/c1-25-36(51(2,3)40)35(20-21-45-23-33(43-44-45)31(24-47)26-10-6-4-7-11-26)50-39(25)32-22-29(42-37(48)27-14-16-28(41)17-15-27)18-19-34(32)46(38(39)49)30-12-8-5-9-13-30/h4-19,22-23,25,31,35-36,47H,20-21,24,41H2,1-3H3,(H,42,48)/t25-,31?,35+,36-,39+/m0/s1. The number of hydrogen-bond donors (Lipinski definition) is 3. The van der Waals surface area contributed by atoms with E-state index in [-0.39, 0.29) is 24.3 Å². The predicted molar refractivity (Wildman–Crippen MR) is 197 cm³/mol. The van der Waals surface area contributed by atoms with Gasteiger partial charge in [-0.2, -0.15) is 0 Å². The summed E-state index contributed by atoms with van der Waals surface area (Å²) in [6.45, 7) is 5.49. The molecule has 7 rings (SSSR count). The molecule has 1 spiro atoms. The van der Waals surface area contributed by atoms with Crippen molar-refractivity contribution in [1.82, 2.24) is 15.0 Å². The third-order valence-corrected chi connectivity index (χ3v) is 12.7. The van der Waals surface area contributed by atoms with Crippen molar-refractivity contribution in [1.29, 1.82) is 0 Å². The van der Waals surface area contributed by atoms with Gasteiger partial charge in [0.05, 0.1) is 30.0 Å². The van der Waals surface area contributed by atoms with Crippen LogP contribution in [0.2, 0.25) is 18.6 Å². The smallest absolute Gasteiger partial charge is 0.268 e. The number of fused-ring (bicyclic) bond motifs is 2. The molecule has 5 aromatic rings. The van der Waals surface area contributed by atoms with E-state index < -0.39 is 31.6 Å². The van der Waals surface area contributed by atoms with Crippen LogP contribution in [0.3, 0.4) is 0 Å². The first-order valence-corrected chi connectivity index (χ1v) is 20.1. The van der Waals surface area contributed by atoms with Gasteiger partial charge in [-0.25, -0.2) is 0 Å². The molecule has 2 aliphatic heterocycles. The van der Waals surface area contributed by atoms with E-state index in [1.165, 1.54) is 0 Å². The summed E-state index contributed by atoms with van der Waals surface area (Å²) in [6, 6.07) is 30.9. The Bertz CT molecular complexity index is 2040. The number of carbonyl (C=O) groups is 2. The van der Waals surface area contributed by atoms with Gasteiger partial charge in [-0.1, -0.05) is 60.7 Å². The maximum atomic E-state index is 16.5. The number of anilines is 4. The molecule has 3 heterocycles. The van der Waals surface area contributed by atoms with Gasteiger partial charge < -0.3 is 25.0 Å². The summed E-state index contributed by atoms with van der Waals surface area (Å²) in [7, 11) is -3.44. The third-order valence-electron chi connectivity index (χ3n) is 10.3. The number of benzene rings is 4. The van der Waals surface area contributed by atoms with Crippen molar-refractivity contribution >= 4 is 43.0 Å². The molecule has 12 heteroatoms. The van der Waals surface area contributed by atoms with Crippen molar-refractivity contribution in [3.8, 4) is 0 Å². The fourth-order valence-electron chi connectivity index (χ4n) is 7.89. The number of ether oxygens (including phenoxy) is 1. The van der Waals surface area contributed by atoms with Crippen LogP contribution in [0.1, 0.15) is 46.4 Å². The number of nitrogen functional groups attached to an aromatic ring is 1. The molecular formula is C39H41FN6O4Si. The van der Waals surface area contributed by atoms with Crippen LogP contribution in [0.4, 0.5) is 26.9 Å². The number of para-hydroxylation sites is 1. The number of aliphatic hydroxyl groups excluding tert-OH is 1. The maximum Gasteiger partial charge on any atom is 0.268 e.